The zero-order valence-corrected chi connectivity index (χ0v) is 17.5. The topological polar surface area (TPSA) is 20.2 Å². The third-order valence-corrected chi connectivity index (χ3v) is 5.75. The summed E-state index contributed by atoms with van der Waals surface area (Å²) >= 11 is 0. The highest BCUT2D eigenvalue weighted by Crippen LogP contribution is 2.36. The average Bonchev–Trinajstić information content (AvgIpc) is 2.59. The first-order chi connectivity index (χ1) is 11.6. The van der Waals surface area contributed by atoms with Crippen LogP contribution in [0.15, 0.2) is 0 Å². The van der Waals surface area contributed by atoms with Crippen LogP contribution in [-0.2, 0) is 0 Å². The molecule has 0 amide bonds. The van der Waals surface area contributed by atoms with Crippen LogP contribution in [0.1, 0.15) is 137 Å². The Bertz CT molecular complexity index is 250. The molecular formula is C23H48O. The Labute approximate surface area is 154 Å². The van der Waals surface area contributed by atoms with E-state index in [1.165, 1.54) is 96.3 Å². The van der Waals surface area contributed by atoms with Crippen LogP contribution in [0, 0.1) is 5.92 Å². The highest BCUT2D eigenvalue weighted by atomic mass is 16.3. The van der Waals surface area contributed by atoms with Gasteiger partial charge in [-0.1, -0.05) is 111 Å². The molecule has 0 aromatic heterocycles. The van der Waals surface area contributed by atoms with Crippen molar-refractivity contribution in [3.05, 3.63) is 0 Å². The molecule has 0 aromatic carbocycles. The van der Waals surface area contributed by atoms with E-state index in [0.717, 1.165) is 12.8 Å². The van der Waals surface area contributed by atoms with Gasteiger partial charge in [-0.05, 0) is 31.6 Å². The first kappa shape index (κ1) is 24.0. The van der Waals surface area contributed by atoms with Crippen LogP contribution in [0.5, 0.6) is 0 Å². The lowest BCUT2D eigenvalue weighted by molar-refractivity contribution is -0.0452. The quantitative estimate of drug-likeness (QED) is 0.250. The lowest BCUT2D eigenvalue weighted by Crippen LogP contribution is -2.38. The smallest absolute Gasteiger partial charge is 0.0675 e. The van der Waals surface area contributed by atoms with Crippen molar-refractivity contribution < 1.29 is 5.11 Å². The van der Waals surface area contributed by atoms with Gasteiger partial charge < -0.3 is 5.11 Å². The standard InChI is InChI=1S/C23H48O/c1-5-9-13-15-17-21-23(24,20-12-8-4)22(18-11-7-3)19-16-14-10-6-2/h22,24H,5-21H2,1-4H3. The predicted molar refractivity (Wildman–Crippen MR) is 110 cm³/mol. The Kier molecular flexibility index (Phi) is 16.4. The van der Waals surface area contributed by atoms with Crippen molar-refractivity contribution in [3.8, 4) is 0 Å². The van der Waals surface area contributed by atoms with Crippen LogP contribution in [0.4, 0.5) is 0 Å². The van der Waals surface area contributed by atoms with Crippen molar-refractivity contribution in [2.45, 2.75) is 142 Å². The minimum Gasteiger partial charge on any atom is -0.390 e. The van der Waals surface area contributed by atoms with Gasteiger partial charge in [0, 0.05) is 0 Å². The number of aliphatic hydroxyl groups is 1. The molecule has 146 valence electrons. The van der Waals surface area contributed by atoms with Gasteiger partial charge in [-0.15, -0.1) is 0 Å². The number of hydrogen-bond acceptors (Lipinski definition) is 1. The van der Waals surface area contributed by atoms with Crippen LogP contribution in [0.2, 0.25) is 0 Å². The molecule has 0 aliphatic carbocycles. The summed E-state index contributed by atoms with van der Waals surface area (Å²) in [4.78, 5) is 0. The normalized spacial score (nSPS) is 15.4. The maximum atomic E-state index is 11.5. The van der Waals surface area contributed by atoms with Gasteiger partial charge in [0.2, 0.25) is 0 Å². The molecule has 1 nitrogen and oxygen atoms in total. The van der Waals surface area contributed by atoms with Crippen LogP contribution >= 0.6 is 0 Å². The Morgan fingerprint density at radius 2 is 1.00 bits per heavy atom. The Hall–Kier alpha value is -0.0400. The Morgan fingerprint density at radius 1 is 0.542 bits per heavy atom. The summed E-state index contributed by atoms with van der Waals surface area (Å²) < 4.78 is 0. The third kappa shape index (κ3) is 11.5. The van der Waals surface area contributed by atoms with Crippen molar-refractivity contribution in [2.24, 2.45) is 5.92 Å². The fourth-order valence-corrected chi connectivity index (χ4v) is 4.00. The van der Waals surface area contributed by atoms with Crippen LogP contribution in [-0.4, -0.2) is 10.7 Å². The molecule has 0 rings (SSSR count). The molecule has 0 fully saturated rings. The lowest BCUT2D eigenvalue weighted by Gasteiger charge is -2.37. The third-order valence-electron chi connectivity index (χ3n) is 5.75. The van der Waals surface area contributed by atoms with Crippen molar-refractivity contribution in [1.29, 1.82) is 0 Å². The number of hydrogen-bond donors (Lipinski definition) is 1. The van der Waals surface area contributed by atoms with E-state index in [2.05, 4.69) is 27.7 Å². The molecule has 0 saturated heterocycles. The van der Waals surface area contributed by atoms with Gasteiger partial charge in [0.05, 0.1) is 5.60 Å². The summed E-state index contributed by atoms with van der Waals surface area (Å²) in [5.74, 6) is 0.534. The van der Waals surface area contributed by atoms with Crippen molar-refractivity contribution in [2.75, 3.05) is 0 Å². The molecular weight excluding hydrogens is 292 g/mol. The molecule has 0 aliphatic rings. The molecule has 0 aliphatic heterocycles. The fraction of sp³-hybridized carbons (Fsp3) is 1.00. The molecule has 0 spiro atoms. The molecule has 0 radical (unpaired) electrons. The summed E-state index contributed by atoms with van der Waals surface area (Å²) in [6, 6.07) is 0. The molecule has 0 heterocycles. The highest BCUT2D eigenvalue weighted by molar-refractivity contribution is 4.86. The SMILES string of the molecule is CCCCCCCC(O)(CCCC)C(CCCC)CCCCCC. The minimum absolute atomic E-state index is 0.385. The second-order valence-electron chi connectivity index (χ2n) is 8.06. The first-order valence-electron chi connectivity index (χ1n) is 11.4. The molecule has 2 unspecified atom stereocenters. The number of unbranched alkanes of at least 4 members (excludes halogenated alkanes) is 9. The Morgan fingerprint density at radius 3 is 1.58 bits per heavy atom. The van der Waals surface area contributed by atoms with E-state index >= 15 is 0 Å². The maximum Gasteiger partial charge on any atom is 0.0675 e. The molecule has 24 heavy (non-hydrogen) atoms. The largest absolute Gasteiger partial charge is 0.390 e. The van der Waals surface area contributed by atoms with Crippen LogP contribution < -0.4 is 0 Å². The fourth-order valence-electron chi connectivity index (χ4n) is 4.00. The number of rotatable bonds is 18. The maximum absolute atomic E-state index is 11.5. The van der Waals surface area contributed by atoms with E-state index in [1.54, 1.807) is 0 Å². The van der Waals surface area contributed by atoms with Crippen molar-refractivity contribution in [1.82, 2.24) is 0 Å². The molecule has 0 saturated carbocycles. The minimum atomic E-state index is -0.385. The monoisotopic (exact) mass is 340 g/mol. The van der Waals surface area contributed by atoms with E-state index in [1.807, 2.05) is 0 Å². The molecule has 0 aromatic rings. The van der Waals surface area contributed by atoms with E-state index in [0.29, 0.717) is 5.92 Å². The molecule has 1 heteroatoms. The van der Waals surface area contributed by atoms with E-state index in [-0.39, 0.29) is 5.60 Å². The van der Waals surface area contributed by atoms with Gasteiger partial charge in [-0.3, -0.25) is 0 Å². The summed E-state index contributed by atoms with van der Waals surface area (Å²) in [5, 5.41) is 11.5. The lowest BCUT2D eigenvalue weighted by atomic mass is 9.74. The van der Waals surface area contributed by atoms with Gasteiger partial charge in [-0.2, -0.15) is 0 Å². The summed E-state index contributed by atoms with van der Waals surface area (Å²) in [6.45, 7) is 9.09. The molecule has 1 N–H and O–H groups in total. The van der Waals surface area contributed by atoms with Crippen molar-refractivity contribution >= 4 is 0 Å². The summed E-state index contributed by atoms with van der Waals surface area (Å²) in [6.07, 6.45) is 21.3. The van der Waals surface area contributed by atoms with Crippen molar-refractivity contribution in [3.63, 3.8) is 0 Å². The van der Waals surface area contributed by atoms with Crippen LogP contribution in [0.25, 0.3) is 0 Å². The highest BCUT2D eigenvalue weighted by Gasteiger charge is 2.34. The summed E-state index contributed by atoms with van der Waals surface area (Å²) in [5.41, 5.74) is -0.385. The predicted octanol–water partition coefficient (Wildman–Crippen LogP) is 8.05. The van der Waals surface area contributed by atoms with Gasteiger partial charge in [0.25, 0.3) is 0 Å². The average molecular weight is 341 g/mol. The Balaban J connectivity index is 4.63. The van der Waals surface area contributed by atoms with Crippen LogP contribution in [0.3, 0.4) is 0 Å². The zero-order valence-electron chi connectivity index (χ0n) is 17.5. The van der Waals surface area contributed by atoms with E-state index < -0.39 is 0 Å². The molecule has 0 bridgehead atoms. The summed E-state index contributed by atoms with van der Waals surface area (Å²) in [7, 11) is 0. The first-order valence-corrected chi connectivity index (χ1v) is 11.4. The van der Waals surface area contributed by atoms with Gasteiger partial charge in [0.15, 0.2) is 0 Å². The van der Waals surface area contributed by atoms with E-state index in [4.69, 9.17) is 0 Å². The second-order valence-corrected chi connectivity index (χ2v) is 8.06. The van der Waals surface area contributed by atoms with Gasteiger partial charge in [-0.25, -0.2) is 0 Å². The zero-order chi connectivity index (χ0) is 18.1. The van der Waals surface area contributed by atoms with E-state index in [9.17, 15) is 5.11 Å². The van der Waals surface area contributed by atoms with Gasteiger partial charge >= 0.3 is 0 Å². The van der Waals surface area contributed by atoms with Gasteiger partial charge in [0.1, 0.15) is 0 Å². The second kappa shape index (κ2) is 16.4. The molecule has 2 atom stereocenters.